The van der Waals surface area contributed by atoms with Gasteiger partial charge in [0.15, 0.2) is 5.96 Å². The van der Waals surface area contributed by atoms with E-state index in [2.05, 4.69) is 25.7 Å². The van der Waals surface area contributed by atoms with Crippen molar-refractivity contribution in [3.8, 4) is 0 Å². The molecule has 8 nitrogen and oxygen atoms in total. The molecule has 0 spiro atoms. The van der Waals surface area contributed by atoms with Crippen LogP contribution in [0.25, 0.3) is 0 Å². The van der Waals surface area contributed by atoms with Gasteiger partial charge in [0.2, 0.25) is 15.9 Å². The average Bonchev–Trinajstić information content (AvgIpc) is 2.73. The van der Waals surface area contributed by atoms with E-state index in [1.807, 2.05) is 24.3 Å². The Labute approximate surface area is 181 Å². The van der Waals surface area contributed by atoms with Gasteiger partial charge in [0.1, 0.15) is 0 Å². The lowest BCUT2D eigenvalue weighted by molar-refractivity contribution is -0.116. The number of carbonyl (C=O) groups is 1. The van der Waals surface area contributed by atoms with Crippen molar-refractivity contribution >= 4 is 39.2 Å². The molecule has 1 aliphatic rings. The number of para-hydroxylation sites is 1. The van der Waals surface area contributed by atoms with E-state index < -0.39 is 10.0 Å². The highest BCUT2D eigenvalue weighted by molar-refractivity contribution is 7.89. The van der Waals surface area contributed by atoms with Crippen LogP contribution < -0.4 is 20.7 Å². The predicted octanol–water partition coefficient (Wildman–Crippen LogP) is 1.91. The van der Waals surface area contributed by atoms with Crippen molar-refractivity contribution in [3.05, 3.63) is 59.1 Å². The van der Waals surface area contributed by atoms with E-state index in [9.17, 15) is 13.2 Å². The predicted molar refractivity (Wildman–Crippen MR) is 118 cm³/mol. The molecule has 10 heteroatoms. The lowest BCUT2D eigenvalue weighted by Crippen LogP contribution is -2.43. The summed E-state index contributed by atoms with van der Waals surface area (Å²) in [5.41, 5.74) is 1.91. The van der Waals surface area contributed by atoms with Crippen molar-refractivity contribution in [1.82, 2.24) is 15.4 Å². The highest BCUT2D eigenvalue weighted by Gasteiger charge is 2.24. The second-order valence-electron chi connectivity index (χ2n) is 6.77. The summed E-state index contributed by atoms with van der Waals surface area (Å²) in [6.07, 6.45) is 0.389. The number of nitrogens with zero attached hydrogens (tertiary/aromatic N) is 1. The maximum Gasteiger partial charge on any atom is 0.240 e. The van der Waals surface area contributed by atoms with Crippen LogP contribution in [0.4, 0.5) is 5.69 Å². The topological polar surface area (TPSA) is 112 Å². The Morgan fingerprint density at radius 1 is 1.17 bits per heavy atom. The lowest BCUT2D eigenvalue weighted by Gasteiger charge is -2.26. The van der Waals surface area contributed by atoms with E-state index >= 15 is 0 Å². The standard InChI is InChI=1S/C20H24ClN5O3S/c1-22-20(23-9-10-25-30(28,29)16-6-4-5-15(21)12-16)24-13-14-11-19(27)26-18-8-3-2-7-17(14)18/h2-8,12,14,25H,9-11,13H2,1H3,(H,26,27)(H2,22,23,24). The van der Waals surface area contributed by atoms with Gasteiger partial charge in [-0.05, 0) is 29.8 Å². The monoisotopic (exact) mass is 449 g/mol. The van der Waals surface area contributed by atoms with Gasteiger partial charge < -0.3 is 16.0 Å². The number of rotatable bonds is 7. The Balaban J connectivity index is 1.48. The molecule has 0 saturated carbocycles. The molecule has 160 valence electrons. The third-order valence-corrected chi connectivity index (χ3v) is 6.36. The summed E-state index contributed by atoms with van der Waals surface area (Å²) in [6.45, 7) is 1.03. The Morgan fingerprint density at radius 2 is 1.97 bits per heavy atom. The van der Waals surface area contributed by atoms with Crippen molar-refractivity contribution in [2.45, 2.75) is 17.2 Å². The first-order valence-electron chi connectivity index (χ1n) is 9.47. The van der Waals surface area contributed by atoms with Gasteiger partial charge in [-0.2, -0.15) is 0 Å². The second kappa shape index (κ2) is 9.92. The second-order valence-corrected chi connectivity index (χ2v) is 8.97. The Bertz CT molecular complexity index is 1040. The van der Waals surface area contributed by atoms with Crippen LogP contribution in [0.1, 0.15) is 17.9 Å². The molecule has 0 radical (unpaired) electrons. The number of amides is 1. The molecule has 0 bridgehead atoms. The molecule has 1 atom stereocenters. The van der Waals surface area contributed by atoms with E-state index in [0.717, 1.165) is 11.3 Å². The first kappa shape index (κ1) is 22.1. The minimum atomic E-state index is -3.64. The number of guanidine groups is 1. The molecule has 30 heavy (non-hydrogen) atoms. The molecule has 2 aromatic rings. The number of halogens is 1. The zero-order valence-corrected chi connectivity index (χ0v) is 18.1. The van der Waals surface area contributed by atoms with Gasteiger partial charge in [0.25, 0.3) is 0 Å². The number of anilines is 1. The summed E-state index contributed by atoms with van der Waals surface area (Å²) in [4.78, 5) is 16.2. The number of carbonyl (C=O) groups excluding carboxylic acids is 1. The summed E-state index contributed by atoms with van der Waals surface area (Å²) in [5, 5.41) is 9.50. The van der Waals surface area contributed by atoms with E-state index in [-0.39, 0.29) is 23.3 Å². The Morgan fingerprint density at radius 3 is 2.73 bits per heavy atom. The van der Waals surface area contributed by atoms with Gasteiger partial charge in [-0.3, -0.25) is 9.79 Å². The van der Waals surface area contributed by atoms with Gasteiger partial charge in [-0.1, -0.05) is 35.9 Å². The van der Waals surface area contributed by atoms with Crippen LogP contribution in [0.5, 0.6) is 0 Å². The molecule has 0 aromatic heterocycles. The van der Waals surface area contributed by atoms with Gasteiger partial charge in [0, 0.05) is 49.7 Å². The van der Waals surface area contributed by atoms with E-state index in [0.29, 0.717) is 30.5 Å². The van der Waals surface area contributed by atoms with E-state index in [1.165, 1.54) is 12.1 Å². The molecule has 1 unspecified atom stereocenters. The first-order chi connectivity index (χ1) is 14.4. The summed E-state index contributed by atoms with van der Waals surface area (Å²) in [5.74, 6) is 0.536. The van der Waals surface area contributed by atoms with Crippen LogP contribution in [-0.2, 0) is 14.8 Å². The van der Waals surface area contributed by atoms with Gasteiger partial charge in [0.05, 0.1) is 4.90 Å². The van der Waals surface area contributed by atoms with Crippen molar-refractivity contribution in [1.29, 1.82) is 0 Å². The minimum absolute atomic E-state index is 0.0149. The fraction of sp³-hybridized carbons (Fsp3) is 0.300. The summed E-state index contributed by atoms with van der Waals surface area (Å²) in [7, 11) is -2.00. The largest absolute Gasteiger partial charge is 0.356 e. The molecule has 3 rings (SSSR count). The quantitative estimate of drug-likeness (QED) is 0.293. The molecule has 1 aliphatic heterocycles. The van der Waals surface area contributed by atoms with E-state index in [4.69, 9.17) is 11.6 Å². The third-order valence-electron chi connectivity index (χ3n) is 4.66. The number of hydrogen-bond donors (Lipinski definition) is 4. The number of benzene rings is 2. The van der Waals surface area contributed by atoms with Crippen LogP contribution in [0.15, 0.2) is 58.4 Å². The highest BCUT2D eigenvalue weighted by atomic mass is 35.5. The van der Waals surface area contributed by atoms with Gasteiger partial charge in [-0.15, -0.1) is 0 Å². The van der Waals surface area contributed by atoms with Crippen molar-refractivity contribution < 1.29 is 13.2 Å². The Kier molecular flexibility index (Phi) is 7.30. The van der Waals surface area contributed by atoms with Crippen molar-refractivity contribution in [2.75, 3.05) is 32.0 Å². The summed E-state index contributed by atoms with van der Waals surface area (Å²) >= 11 is 5.86. The maximum atomic E-state index is 12.3. The van der Waals surface area contributed by atoms with Crippen LogP contribution in [0.2, 0.25) is 5.02 Å². The number of sulfonamides is 1. The molecule has 2 aromatic carbocycles. The molecule has 4 N–H and O–H groups in total. The van der Waals surface area contributed by atoms with E-state index in [1.54, 1.807) is 19.2 Å². The summed E-state index contributed by atoms with van der Waals surface area (Å²) in [6, 6.07) is 13.8. The zero-order valence-electron chi connectivity index (χ0n) is 16.5. The number of hydrogen-bond acceptors (Lipinski definition) is 4. The van der Waals surface area contributed by atoms with Crippen LogP contribution in [0.3, 0.4) is 0 Å². The van der Waals surface area contributed by atoms with Crippen LogP contribution in [-0.4, -0.2) is 47.0 Å². The number of aliphatic imine (C=N–C) groups is 1. The third kappa shape index (κ3) is 5.71. The molecule has 1 amide bonds. The van der Waals surface area contributed by atoms with Gasteiger partial charge in [-0.25, -0.2) is 13.1 Å². The average molecular weight is 450 g/mol. The molecule has 1 heterocycles. The minimum Gasteiger partial charge on any atom is -0.356 e. The lowest BCUT2D eigenvalue weighted by atomic mass is 9.90. The fourth-order valence-electron chi connectivity index (χ4n) is 3.21. The zero-order chi connectivity index (χ0) is 21.6. The smallest absolute Gasteiger partial charge is 0.240 e. The molecule has 0 saturated heterocycles. The first-order valence-corrected chi connectivity index (χ1v) is 11.3. The van der Waals surface area contributed by atoms with Gasteiger partial charge >= 0.3 is 0 Å². The van der Waals surface area contributed by atoms with Crippen molar-refractivity contribution in [3.63, 3.8) is 0 Å². The highest BCUT2D eigenvalue weighted by Crippen LogP contribution is 2.31. The molecule has 0 fully saturated rings. The SMILES string of the molecule is CN=C(NCCNS(=O)(=O)c1cccc(Cl)c1)NCC1CC(=O)Nc2ccccc21. The molecule has 0 aliphatic carbocycles. The Hall–Kier alpha value is -2.62. The number of fused-ring (bicyclic) bond motifs is 1. The molecular weight excluding hydrogens is 426 g/mol. The van der Waals surface area contributed by atoms with Crippen LogP contribution >= 0.6 is 11.6 Å². The molecular formula is C20H24ClN5O3S. The normalized spacial score (nSPS) is 16.5. The van der Waals surface area contributed by atoms with Crippen molar-refractivity contribution in [2.24, 2.45) is 4.99 Å². The van der Waals surface area contributed by atoms with Crippen LogP contribution in [0, 0.1) is 0 Å². The maximum absolute atomic E-state index is 12.3. The fourth-order valence-corrected chi connectivity index (χ4v) is 4.54. The number of nitrogens with one attached hydrogen (secondary N) is 4. The summed E-state index contributed by atoms with van der Waals surface area (Å²) < 4.78 is 27.1.